The van der Waals surface area contributed by atoms with Crippen LogP contribution in [0.1, 0.15) is 12.8 Å². The lowest BCUT2D eigenvalue weighted by atomic mass is 9.99. The smallest absolute Gasteiger partial charge is 0.227 e. The second-order valence-electron chi connectivity index (χ2n) is 4.00. The number of hydrogen-bond acceptors (Lipinski definition) is 3. The molecule has 0 unspecified atom stereocenters. The van der Waals surface area contributed by atoms with Crippen LogP contribution in [0.25, 0.3) is 0 Å². The fourth-order valence-corrected chi connectivity index (χ4v) is 1.82. The van der Waals surface area contributed by atoms with Crippen molar-refractivity contribution in [2.24, 2.45) is 5.92 Å². The molecule has 16 heavy (non-hydrogen) atoms. The molecule has 0 aromatic heterocycles. The van der Waals surface area contributed by atoms with E-state index in [1.807, 2.05) is 12.1 Å². The topological polar surface area (TPSA) is 64.3 Å². The highest BCUT2D eigenvalue weighted by Crippen LogP contribution is 2.18. The third-order valence-electron chi connectivity index (χ3n) is 2.75. The lowest BCUT2D eigenvalue weighted by Crippen LogP contribution is -2.28. The summed E-state index contributed by atoms with van der Waals surface area (Å²) in [6, 6.07) is 7.23. The van der Waals surface area contributed by atoms with Gasteiger partial charge in [0.2, 0.25) is 5.91 Å². The zero-order valence-corrected chi connectivity index (χ0v) is 9.11. The van der Waals surface area contributed by atoms with Gasteiger partial charge in [0.1, 0.15) is 0 Å². The second-order valence-corrected chi connectivity index (χ2v) is 4.00. The summed E-state index contributed by atoms with van der Waals surface area (Å²) in [7, 11) is 0. The van der Waals surface area contributed by atoms with Crippen LogP contribution in [0.15, 0.2) is 24.3 Å². The summed E-state index contributed by atoms with van der Waals surface area (Å²) >= 11 is 0. The third-order valence-corrected chi connectivity index (χ3v) is 2.75. The summed E-state index contributed by atoms with van der Waals surface area (Å²) in [6.45, 7) is 1.35. The Kier molecular flexibility index (Phi) is 3.41. The standard InChI is InChI=1S/C12H16N2O2/c13-10-2-1-3-11(8-10)14-12(15)9-4-6-16-7-5-9/h1-3,8-9H,4-7,13H2,(H,14,15). The van der Waals surface area contributed by atoms with Crippen molar-refractivity contribution in [1.29, 1.82) is 0 Å². The van der Waals surface area contributed by atoms with Gasteiger partial charge in [-0.2, -0.15) is 0 Å². The molecule has 4 nitrogen and oxygen atoms in total. The number of nitrogen functional groups attached to an aromatic ring is 1. The molecule has 4 heteroatoms. The molecule has 1 aromatic carbocycles. The molecular weight excluding hydrogens is 204 g/mol. The van der Waals surface area contributed by atoms with E-state index in [4.69, 9.17) is 10.5 Å². The third kappa shape index (κ3) is 2.73. The molecule has 0 bridgehead atoms. The number of nitrogens with two attached hydrogens (primary N) is 1. The predicted octanol–water partition coefficient (Wildman–Crippen LogP) is 1.63. The van der Waals surface area contributed by atoms with Crippen molar-refractivity contribution in [3.63, 3.8) is 0 Å². The van der Waals surface area contributed by atoms with E-state index >= 15 is 0 Å². The number of ether oxygens (including phenoxy) is 1. The first-order valence-electron chi connectivity index (χ1n) is 5.50. The van der Waals surface area contributed by atoms with E-state index in [0.29, 0.717) is 18.9 Å². The number of rotatable bonds is 2. The Balaban J connectivity index is 1.96. The van der Waals surface area contributed by atoms with Crippen LogP contribution in [-0.4, -0.2) is 19.1 Å². The predicted molar refractivity (Wildman–Crippen MR) is 63.0 cm³/mol. The molecular formula is C12H16N2O2. The molecule has 2 rings (SSSR count). The van der Waals surface area contributed by atoms with E-state index in [0.717, 1.165) is 18.5 Å². The van der Waals surface area contributed by atoms with Gasteiger partial charge < -0.3 is 15.8 Å². The van der Waals surface area contributed by atoms with Crippen molar-refractivity contribution in [1.82, 2.24) is 0 Å². The minimum absolute atomic E-state index is 0.0638. The SMILES string of the molecule is Nc1cccc(NC(=O)C2CCOCC2)c1. The number of hydrogen-bond donors (Lipinski definition) is 2. The Labute approximate surface area is 94.8 Å². The van der Waals surface area contributed by atoms with Crippen molar-refractivity contribution < 1.29 is 9.53 Å². The van der Waals surface area contributed by atoms with Crippen LogP contribution >= 0.6 is 0 Å². The highest BCUT2D eigenvalue weighted by atomic mass is 16.5. The van der Waals surface area contributed by atoms with E-state index < -0.39 is 0 Å². The maximum atomic E-state index is 11.9. The lowest BCUT2D eigenvalue weighted by molar-refractivity contribution is -0.122. The van der Waals surface area contributed by atoms with E-state index in [-0.39, 0.29) is 11.8 Å². The van der Waals surface area contributed by atoms with Gasteiger partial charge in [0, 0.05) is 30.5 Å². The Bertz CT molecular complexity index is 373. The van der Waals surface area contributed by atoms with Crippen molar-refractivity contribution >= 4 is 17.3 Å². The molecule has 1 amide bonds. The first kappa shape index (κ1) is 11.0. The van der Waals surface area contributed by atoms with Crippen LogP contribution < -0.4 is 11.1 Å². The molecule has 0 atom stereocenters. The van der Waals surface area contributed by atoms with E-state index in [2.05, 4.69) is 5.32 Å². The molecule has 0 spiro atoms. The van der Waals surface area contributed by atoms with Crippen LogP contribution in [0.5, 0.6) is 0 Å². The summed E-state index contributed by atoms with van der Waals surface area (Å²) in [5.41, 5.74) is 7.06. The minimum atomic E-state index is 0.0638. The van der Waals surface area contributed by atoms with Gasteiger partial charge in [-0.1, -0.05) is 6.07 Å². The summed E-state index contributed by atoms with van der Waals surface area (Å²) in [5.74, 6) is 0.129. The Hall–Kier alpha value is -1.55. The zero-order chi connectivity index (χ0) is 11.4. The molecule has 1 aliphatic heterocycles. The quantitative estimate of drug-likeness (QED) is 0.744. The Morgan fingerprint density at radius 2 is 2.12 bits per heavy atom. The average Bonchev–Trinajstić information content (AvgIpc) is 2.30. The van der Waals surface area contributed by atoms with Gasteiger partial charge in [0.15, 0.2) is 0 Å². The van der Waals surface area contributed by atoms with Gasteiger partial charge in [-0.25, -0.2) is 0 Å². The summed E-state index contributed by atoms with van der Waals surface area (Å²) < 4.78 is 5.22. The fraction of sp³-hybridized carbons (Fsp3) is 0.417. The molecule has 0 radical (unpaired) electrons. The molecule has 86 valence electrons. The monoisotopic (exact) mass is 220 g/mol. The highest BCUT2D eigenvalue weighted by molar-refractivity contribution is 5.92. The van der Waals surface area contributed by atoms with Crippen LogP contribution in [0, 0.1) is 5.92 Å². The second kappa shape index (κ2) is 4.99. The normalized spacial score (nSPS) is 17.0. The van der Waals surface area contributed by atoms with Crippen LogP contribution in [-0.2, 0) is 9.53 Å². The van der Waals surface area contributed by atoms with Gasteiger partial charge in [-0.05, 0) is 31.0 Å². The van der Waals surface area contributed by atoms with Crippen molar-refractivity contribution in [3.8, 4) is 0 Å². The molecule has 1 saturated heterocycles. The Morgan fingerprint density at radius 1 is 1.38 bits per heavy atom. The van der Waals surface area contributed by atoms with Gasteiger partial charge in [-0.3, -0.25) is 4.79 Å². The van der Waals surface area contributed by atoms with Crippen LogP contribution in [0.4, 0.5) is 11.4 Å². The molecule has 1 aromatic rings. The molecule has 0 aliphatic carbocycles. The van der Waals surface area contributed by atoms with Crippen molar-refractivity contribution in [2.45, 2.75) is 12.8 Å². The summed E-state index contributed by atoms with van der Waals surface area (Å²) in [6.07, 6.45) is 1.60. The van der Waals surface area contributed by atoms with Crippen molar-refractivity contribution in [2.75, 3.05) is 24.3 Å². The molecule has 1 aliphatic rings. The molecule has 3 N–H and O–H groups in total. The van der Waals surface area contributed by atoms with Gasteiger partial charge in [0.05, 0.1) is 0 Å². The number of anilines is 2. The zero-order valence-electron chi connectivity index (χ0n) is 9.11. The fourth-order valence-electron chi connectivity index (χ4n) is 1.82. The van der Waals surface area contributed by atoms with Gasteiger partial charge in [-0.15, -0.1) is 0 Å². The maximum absolute atomic E-state index is 11.9. The first-order chi connectivity index (χ1) is 7.75. The van der Waals surface area contributed by atoms with E-state index in [9.17, 15) is 4.79 Å². The van der Waals surface area contributed by atoms with Crippen molar-refractivity contribution in [3.05, 3.63) is 24.3 Å². The summed E-state index contributed by atoms with van der Waals surface area (Å²) in [5, 5.41) is 2.88. The summed E-state index contributed by atoms with van der Waals surface area (Å²) in [4.78, 5) is 11.9. The number of carbonyl (C=O) groups excluding carboxylic acids is 1. The van der Waals surface area contributed by atoms with E-state index in [1.54, 1.807) is 12.1 Å². The average molecular weight is 220 g/mol. The van der Waals surface area contributed by atoms with Gasteiger partial charge in [0.25, 0.3) is 0 Å². The Morgan fingerprint density at radius 3 is 2.81 bits per heavy atom. The first-order valence-corrected chi connectivity index (χ1v) is 5.50. The number of benzene rings is 1. The van der Waals surface area contributed by atoms with Crippen LogP contribution in [0.2, 0.25) is 0 Å². The highest BCUT2D eigenvalue weighted by Gasteiger charge is 2.21. The molecule has 1 fully saturated rings. The number of amides is 1. The number of nitrogens with one attached hydrogen (secondary N) is 1. The van der Waals surface area contributed by atoms with E-state index in [1.165, 1.54) is 0 Å². The molecule has 1 heterocycles. The minimum Gasteiger partial charge on any atom is -0.399 e. The molecule has 0 saturated carbocycles. The number of carbonyl (C=O) groups is 1. The maximum Gasteiger partial charge on any atom is 0.227 e. The largest absolute Gasteiger partial charge is 0.399 e. The van der Waals surface area contributed by atoms with Gasteiger partial charge >= 0.3 is 0 Å². The van der Waals surface area contributed by atoms with Crippen LogP contribution in [0.3, 0.4) is 0 Å². The lowest BCUT2D eigenvalue weighted by Gasteiger charge is -2.21.